The van der Waals surface area contributed by atoms with E-state index in [1.54, 1.807) is 0 Å². The molecule has 2 saturated heterocycles. The summed E-state index contributed by atoms with van der Waals surface area (Å²) >= 11 is 0. The number of nitrogens with zero attached hydrogens (tertiary/aromatic N) is 3. The van der Waals surface area contributed by atoms with Crippen molar-refractivity contribution in [3.05, 3.63) is 36.4 Å². The molecule has 4 aliphatic rings. The van der Waals surface area contributed by atoms with Gasteiger partial charge in [-0.3, -0.25) is 4.79 Å². The molecule has 2 aliphatic carbocycles. The lowest BCUT2D eigenvalue weighted by atomic mass is 9.84. The average Bonchev–Trinajstić information content (AvgIpc) is 3.70. The topological polar surface area (TPSA) is 99.7 Å². The number of fused-ring (bicyclic) bond motifs is 1. The van der Waals surface area contributed by atoms with Crippen molar-refractivity contribution in [2.24, 2.45) is 5.92 Å². The number of rotatable bonds is 7. The number of hydrogen-bond donors (Lipinski definition) is 4. The van der Waals surface area contributed by atoms with E-state index in [9.17, 15) is 4.79 Å². The van der Waals surface area contributed by atoms with Crippen LogP contribution in [-0.4, -0.2) is 50.1 Å². The Morgan fingerprint density at radius 1 is 1.08 bits per heavy atom. The van der Waals surface area contributed by atoms with E-state index in [-0.39, 0.29) is 18.0 Å². The second kappa shape index (κ2) is 11.1. The molecule has 0 aromatic carbocycles. The Labute approximate surface area is 214 Å². The van der Waals surface area contributed by atoms with Crippen molar-refractivity contribution in [2.45, 2.75) is 120 Å². The van der Waals surface area contributed by atoms with Crippen LogP contribution in [0.1, 0.15) is 113 Å². The second-order valence-electron chi connectivity index (χ2n) is 11.8. The maximum absolute atomic E-state index is 13.4. The van der Waals surface area contributed by atoms with Gasteiger partial charge in [-0.15, -0.1) is 0 Å². The third kappa shape index (κ3) is 5.40. The molecular formula is C28H43N7O. The first-order chi connectivity index (χ1) is 17.7. The van der Waals surface area contributed by atoms with Crippen LogP contribution in [0.4, 0.5) is 0 Å². The van der Waals surface area contributed by atoms with Crippen molar-refractivity contribution >= 4 is 5.91 Å². The summed E-state index contributed by atoms with van der Waals surface area (Å²) in [5.41, 5.74) is 1.23. The molecule has 2 aromatic rings. The van der Waals surface area contributed by atoms with E-state index in [4.69, 9.17) is 4.98 Å². The normalized spacial score (nSPS) is 33.7. The van der Waals surface area contributed by atoms with Crippen LogP contribution >= 0.6 is 0 Å². The number of amides is 1. The van der Waals surface area contributed by atoms with E-state index < -0.39 is 0 Å². The molecule has 0 bridgehead atoms. The molecule has 8 nitrogen and oxygen atoms in total. The Kier molecular flexibility index (Phi) is 7.42. The van der Waals surface area contributed by atoms with Gasteiger partial charge in [-0.2, -0.15) is 0 Å². The molecule has 4 N–H and O–H groups in total. The lowest BCUT2D eigenvalue weighted by Crippen LogP contribution is -2.46. The largest absolute Gasteiger partial charge is 0.345 e. The first-order valence-electron chi connectivity index (χ1n) is 14.5. The number of piperidine rings is 1. The van der Waals surface area contributed by atoms with Gasteiger partial charge in [0.05, 0.1) is 18.4 Å². The van der Waals surface area contributed by atoms with Crippen molar-refractivity contribution in [1.29, 1.82) is 0 Å². The van der Waals surface area contributed by atoms with Crippen molar-refractivity contribution in [1.82, 2.24) is 35.5 Å². The highest BCUT2D eigenvalue weighted by Crippen LogP contribution is 2.38. The van der Waals surface area contributed by atoms with Gasteiger partial charge in [-0.05, 0) is 76.7 Å². The first kappa shape index (κ1) is 24.2. The van der Waals surface area contributed by atoms with Crippen LogP contribution in [0, 0.1) is 5.92 Å². The standard InChI is InChI=1S/C28H43N7O/c36-28(25-15-20-5-1-2-7-23(20)32-25)34-24(16-21-6-3-4-12-30-21)27-31-17-26(33-27)19-8-10-22(11-9-19)35-14-13-29-18-35/h13-14,17-25,30,32H,1-12,15-16H2,(H,31,33)(H,34,36)/t19?,20?,21?,22?,23?,24-,25?/m0/s1. The van der Waals surface area contributed by atoms with Gasteiger partial charge in [0.1, 0.15) is 5.82 Å². The minimum Gasteiger partial charge on any atom is -0.345 e. The molecule has 6 rings (SSSR count). The van der Waals surface area contributed by atoms with Crippen LogP contribution in [0.2, 0.25) is 0 Å². The summed E-state index contributed by atoms with van der Waals surface area (Å²) in [6, 6.07) is 1.38. The molecule has 5 atom stereocenters. The molecule has 4 fully saturated rings. The first-order valence-corrected chi connectivity index (χ1v) is 14.5. The zero-order valence-electron chi connectivity index (χ0n) is 21.5. The summed E-state index contributed by atoms with van der Waals surface area (Å²) in [5, 5.41) is 10.8. The molecule has 0 radical (unpaired) electrons. The van der Waals surface area contributed by atoms with Crippen LogP contribution in [0.3, 0.4) is 0 Å². The van der Waals surface area contributed by atoms with Gasteiger partial charge < -0.3 is 25.5 Å². The maximum Gasteiger partial charge on any atom is 0.237 e. The Hall–Kier alpha value is -2.19. The van der Waals surface area contributed by atoms with Gasteiger partial charge in [0.2, 0.25) is 5.91 Å². The smallest absolute Gasteiger partial charge is 0.237 e. The van der Waals surface area contributed by atoms with Crippen LogP contribution in [0.15, 0.2) is 24.9 Å². The number of carbonyl (C=O) groups is 1. The fraction of sp³-hybridized carbons (Fsp3) is 0.750. The van der Waals surface area contributed by atoms with Gasteiger partial charge in [0.15, 0.2) is 0 Å². The summed E-state index contributed by atoms with van der Waals surface area (Å²) < 4.78 is 2.25. The van der Waals surface area contributed by atoms with Crippen LogP contribution < -0.4 is 16.0 Å². The predicted molar refractivity (Wildman–Crippen MR) is 139 cm³/mol. The summed E-state index contributed by atoms with van der Waals surface area (Å²) in [6.07, 6.45) is 23.2. The fourth-order valence-electron chi connectivity index (χ4n) is 7.35. The van der Waals surface area contributed by atoms with E-state index in [1.807, 2.05) is 18.7 Å². The number of hydrogen-bond acceptors (Lipinski definition) is 5. The van der Waals surface area contributed by atoms with E-state index in [0.717, 1.165) is 50.9 Å². The quantitative estimate of drug-likeness (QED) is 0.465. The van der Waals surface area contributed by atoms with Crippen molar-refractivity contribution in [3.8, 4) is 0 Å². The van der Waals surface area contributed by atoms with E-state index in [1.165, 1.54) is 50.6 Å². The number of aromatic nitrogens is 4. The van der Waals surface area contributed by atoms with E-state index >= 15 is 0 Å². The van der Waals surface area contributed by atoms with Gasteiger partial charge in [0.25, 0.3) is 0 Å². The number of aromatic amines is 1. The Morgan fingerprint density at radius 3 is 2.72 bits per heavy atom. The molecule has 2 aromatic heterocycles. The number of imidazole rings is 2. The Bertz CT molecular complexity index is 960. The predicted octanol–water partition coefficient (Wildman–Crippen LogP) is 4.12. The SMILES string of the molecule is O=C(N[C@@H](CC1CCCCN1)c1ncc(C2CCC(n3ccnc3)CC2)[nH]1)C1CC2CCCCC2N1. The molecule has 8 heteroatoms. The third-order valence-corrected chi connectivity index (χ3v) is 9.46. The van der Waals surface area contributed by atoms with E-state index in [2.05, 4.69) is 36.7 Å². The highest BCUT2D eigenvalue weighted by Gasteiger charge is 2.39. The molecule has 1 amide bonds. The third-order valence-electron chi connectivity index (χ3n) is 9.46. The molecule has 2 saturated carbocycles. The number of H-pyrrole nitrogens is 1. The Balaban J connectivity index is 1.12. The van der Waals surface area contributed by atoms with Gasteiger partial charge >= 0.3 is 0 Å². The van der Waals surface area contributed by atoms with Gasteiger partial charge in [-0.1, -0.05) is 19.3 Å². The highest BCUT2D eigenvalue weighted by molar-refractivity contribution is 5.82. The fourth-order valence-corrected chi connectivity index (χ4v) is 7.35. The second-order valence-corrected chi connectivity index (χ2v) is 11.8. The summed E-state index contributed by atoms with van der Waals surface area (Å²) in [4.78, 5) is 26.2. The molecule has 0 spiro atoms. The minimum atomic E-state index is -0.0754. The van der Waals surface area contributed by atoms with Crippen molar-refractivity contribution in [2.75, 3.05) is 6.54 Å². The monoisotopic (exact) mass is 493 g/mol. The number of nitrogens with one attached hydrogen (secondary N) is 4. The molecular weight excluding hydrogens is 450 g/mol. The Morgan fingerprint density at radius 2 is 1.94 bits per heavy atom. The van der Waals surface area contributed by atoms with Crippen molar-refractivity contribution < 1.29 is 4.79 Å². The molecule has 196 valence electrons. The molecule has 4 heterocycles. The maximum atomic E-state index is 13.4. The van der Waals surface area contributed by atoms with Gasteiger partial charge in [-0.25, -0.2) is 9.97 Å². The zero-order valence-corrected chi connectivity index (χ0v) is 21.5. The van der Waals surface area contributed by atoms with Crippen molar-refractivity contribution in [3.63, 3.8) is 0 Å². The summed E-state index contributed by atoms with van der Waals surface area (Å²) in [5.74, 6) is 2.26. The summed E-state index contributed by atoms with van der Waals surface area (Å²) in [7, 11) is 0. The van der Waals surface area contributed by atoms with Crippen LogP contribution in [0.25, 0.3) is 0 Å². The lowest BCUT2D eigenvalue weighted by Gasteiger charge is -2.29. The lowest BCUT2D eigenvalue weighted by molar-refractivity contribution is -0.123. The van der Waals surface area contributed by atoms with Crippen LogP contribution in [-0.2, 0) is 4.79 Å². The summed E-state index contributed by atoms with van der Waals surface area (Å²) in [6.45, 7) is 1.07. The molecule has 36 heavy (non-hydrogen) atoms. The number of carbonyl (C=O) groups excluding carboxylic acids is 1. The van der Waals surface area contributed by atoms with E-state index in [0.29, 0.717) is 30.0 Å². The zero-order chi connectivity index (χ0) is 24.3. The van der Waals surface area contributed by atoms with Crippen LogP contribution in [0.5, 0.6) is 0 Å². The molecule has 4 unspecified atom stereocenters. The van der Waals surface area contributed by atoms with Gasteiger partial charge in [0, 0.05) is 48.3 Å². The minimum absolute atomic E-state index is 0.0622. The highest BCUT2D eigenvalue weighted by atomic mass is 16.2. The average molecular weight is 494 g/mol. The molecule has 2 aliphatic heterocycles.